The van der Waals surface area contributed by atoms with Crippen LogP contribution in [0.2, 0.25) is 5.02 Å². The SMILES string of the molecule is CNC(=O)COc1cc2cc(Cc3nc(N4CC(C)CC(CF)C4)ncc3Cl)ccc2n(C)c1=O. The highest BCUT2D eigenvalue weighted by Gasteiger charge is 2.26. The molecule has 3 aromatic rings. The fraction of sp³-hybridized carbons (Fsp3) is 0.440. The van der Waals surface area contributed by atoms with E-state index in [1.807, 2.05) is 23.1 Å². The van der Waals surface area contributed by atoms with Crippen LogP contribution in [0.4, 0.5) is 10.3 Å². The molecule has 1 aliphatic heterocycles. The van der Waals surface area contributed by atoms with Crippen LogP contribution in [0.25, 0.3) is 10.9 Å². The number of nitrogens with one attached hydrogen (secondary N) is 1. The van der Waals surface area contributed by atoms with Crippen molar-refractivity contribution in [2.24, 2.45) is 18.9 Å². The zero-order valence-corrected chi connectivity index (χ0v) is 20.8. The van der Waals surface area contributed by atoms with E-state index >= 15 is 0 Å². The maximum absolute atomic E-state index is 13.3. The second kappa shape index (κ2) is 10.6. The third-order valence-electron chi connectivity index (χ3n) is 6.32. The Morgan fingerprint density at radius 1 is 1.31 bits per heavy atom. The van der Waals surface area contributed by atoms with Crippen molar-refractivity contribution in [2.45, 2.75) is 19.8 Å². The molecular formula is C25H29ClFN5O3. The number of fused-ring (bicyclic) bond motifs is 1. The van der Waals surface area contributed by atoms with Crippen molar-refractivity contribution in [2.75, 3.05) is 38.3 Å². The number of amides is 1. The number of halogens is 2. The predicted molar refractivity (Wildman–Crippen MR) is 134 cm³/mol. The van der Waals surface area contributed by atoms with E-state index in [0.29, 0.717) is 35.5 Å². The quantitative estimate of drug-likeness (QED) is 0.535. The molecule has 2 aromatic heterocycles. The van der Waals surface area contributed by atoms with Crippen LogP contribution < -0.4 is 20.5 Å². The molecule has 3 heterocycles. The van der Waals surface area contributed by atoms with Gasteiger partial charge in [-0.15, -0.1) is 0 Å². The van der Waals surface area contributed by atoms with Crippen LogP contribution in [0.3, 0.4) is 0 Å². The standard InChI is InChI=1S/C25H29ClFN5O3/c1-15-6-17(10-27)13-32(12-15)25-29-11-19(26)20(30-25)8-16-4-5-21-18(7-16)9-22(24(34)31(21)3)35-14-23(33)28-2/h4-5,7,9,11,15,17H,6,8,10,12-14H2,1-3H3,(H,28,33). The van der Waals surface area contributed by atoms with Gasteiger partial charge >= 0.3 is 0 Å². The number of carbonyl (C=O) groups is 1. The summed E-state index contributed by atoms with van der Waals surface area (Å²) in [6.07, 6.45) is 2.91. The average Bonchev–Trinajstić information content (AvgIpc) is 2.85. The number of alkyl halides is 1. The van der Waals surface area contributed by atoms with Crippen LogP contribution in [-0.2, 0) is 18.3 Å². The van der Waals surface area contributed by atoms with E-state index in [0.717, 1.165) is 29.4 Å². The van der Waals surface area contributed by atoms with E-state index in [1.54, 1.807) is 19.3 Å². The maximum atomic E-state index is 13.3. The Morgan fingerprint density at radius 2 is 2.11 bits per heavy atom. The lowest BCUT2D eigenvalue weighted by Gasteiger charge is -2.35. The van der Waals surface area contributed by atoms with Gasteiger partial charge in [0.05, 0.1) is 29.1 Å². The minimum absolute atomic E-state index is 0.0200. The summed E-state index contributed by atoms with van der Waals surface area (Å²) >= 11 is 6.44. The molecular weight excluding hydrogens is 473 g/mol. The van der Waals surface area contributed by atoms with Crippen LogP contribution >= 0.6 is 11.6 Å². The highest BCUT2D eigenvalue weighted by molar-refractivity contribution is 6.31. The van der Waals surface area contributed by atoms with Gasteiger partial charge in [-0.2, -0.15) is 0 Å². The Morgan fingerprint density at radius 3 is 2.86 bits per heavy atom. The summed E-state index contributed by atoms with van der Waals surface area (Å²) in [6, 6.07) is 7.38. The van der Waals surface area contributed by atoms with E-state index in [2.05, 4.69) is 17.2 Å². The molecule has 0 saturated carbocycles. The number of likely N-dealkylation sites (N-methyl/N-ethyl adjacent to an activating group) is 1. The minimum atomic E-state index is -0.351. The van der Waals surface area contributed by atoms with Crippen LogP contribution in [0.15, 0.2) is 35.3 Å². The minimum Gasteiger partial charge on any atom is -0.478 e. The van der Waals surface area contributed by atoms with Crippen molar-refractivity contribution < 1.29 is 13.9 Å². The van der Waals surface area contributed by atoms with Crippen LogP contribution in [0.1, 0.15) is 24.6 Å². The van der Waals surface area contributed by atoms with Crippen molar-refractivity contribution in [3.63, 3.8) is 0 Å². The number of pyridine rings is 1. The zero-order valence-electron chi connectivity index (χ0n) is 20.1. The van der Waals surface area contributed by atoms with Gasteiger partial charge in [-0.05, 0) is 36.1 Å². The molecule has 0 spiro atoms. The van der Waals surface area contributed by atoms with Gasteiger partial charge < -0.3 is 19.5 Å². The van der Waals surface area contributed by atoms with Crippen molar-refractivity contribution in [1.29, 1.82) is 0 Å². The van der Waals surface area contributed by atoms with Crippen LogP contribution in [-0.4, -0.2) is 53.9 Å². The molecule has 35 heavy (non-hydrogen) atoms. The van der Waals surface area contributed by atoms with E-state index in [9.17, 15) is 14.0 Å². The Kier molecular flexibility index (Phi) is 7.54. The van der Waals surface area contributed by atoms with E-state index in [4.69, 9.17) is 21.3 Å². The fourth-order valence-electron chi connectivity index (χ4n) is 4.55. The largest absolute Gasteiger partial charge is 0.478 e. The van der Waals surface area contributed by atoms with Crippen molar-refractivity contribution in [3.8, 4) is 5.75 Å². The summed E-state index contributed by atoms with van der Waals surface area (Å²) in [5, 5.41) is 3.71. The summed E-state index contributed by atoms with van der Waals surface area (Å²) < 4.78 is 20.3. The first-order valence-corrected chi connectivity index (χ1v) is 11.9. The lowest BCUT2D eigenvalue weighted by atomic mass is 9.91. The second-order valence-electron chi connectivity index (χ2n) is 9.14. The lowest BCUT2D eigenvalue weighted by molar-refractivity contribution is -0.122. The molecule has 4 rings (SSSR count). The summed E-state index contributed by atoms with van der Waals surface area (Å²) in [7, 11) is 3.17. The molecule has 1 aromatic carbocycles. The summed E-state index contributed by atoms with van der Waals surface area (Å²) in [6.45, 7) is 2.89. The summed E-state index contributed by atoms with van der Waals surface area (Å²) in [4.78, 5) is 35.3. The Labute approximate surface area is 208 Å². The van der Waals surface area contributed by atoms with Crippen molar-refractivity contribution in [3.05, 3.63) is 57.1 Å². The Bertz CT molecular complexity index is 1300. The highest BCUT2D eigenvalue weighted by atomic mass is 35.5. The Balaban J connectivity index is 1.61. The van der Waals surface area contributed by atoms with Crippen LogP contribution in [0, 0.1) is 11.8 Å². The van der Waals surface area contributed by atoms with E-state index in [1.165, 1.54) is 11.6 Å². The van der Waals surface area contributed by atoms with Gasteiger partial charge in [0, 0.05) is 44.9 Å². The number of nitrogens with zero attached hydrogens (tertiary/aromatic N) is 4. The van der Waals surface area contributed by atoms with Gasteiger partial charge in [-0.25, -0.2) is 9.97 Å². The van der Waals surface area contributed by atoms with Gasteiger partial charge in [-0.1, -0.05) is 24.6 Å². The number of ether oxygens (including phenoxy) is 1. The van der Waals surface area contributed by atoms with Crippen LogP contribution in [0.5, 0.6) is 5.75 Å². The molecule has 0 bridgehead atoms. The molecule has 0 aliphatic carbocycles. The monoisotopic (exact) mass is 501 g/mol. The molecule has 1 aliphatic rings. The molecule has 186 valence electrons. The van der Waals surface area contributed by atoms with E-state index in [-0.39, 0.29) is 36.4 Å². The number of piperidine rings is 1. The maximum Gasteiger partial charge on any atom is 0.293 e. The Hall–Kier alpha value is -3.20. The second-order valence-corrected chi connectivity index (χ2v) is 9.54. The summed E-state index contributed by atoms with van der Waals surface area (Å²) in [5.41, 5.74) is 2.03. The fourth-order valence-corrected chi connectivity index (χ4v) is 4.71. The number of rotatable bonds is 7. The topological polar surface area (TPSA) is 89.3 Å². The first-order chi connectivity index (χ1) is 16.8. The lowest BCUT2D eigenvalue weighted by Crippen LogP contribution is -2.41. The molecule has 1 N–H and O–H groups in total. The van der Waals surface area contributed by atoms with Gasteiger partial charge in [0.25, 0.3) is 11.5 Å². The average molecular weight is 502 g/mol. The predicted octanol–water partition coefficient (Wildman–Crippen LogP) is 3.13. The number of anilines is 1. The molecule has 2 atom stereocenters. The molecule has 2 unspecified atom stereocenters. The smallest absolute Gasteiger partial charge is 0.293 e. The number of benzene rings is 1. The number of hydrogen-bond donors (Lipinski definition) is 1. The third kappa shape index (κ3) is 5.56. The number of hydrogen-bond acceptors (Lipinski definition) is 6. The molecule has 8 nitrogen and oxygen atoms in total. The van der Waals surface area contributed by atoms with Gasteiger partial charge in [0.15, 0.2) is 12.4 Å². The number of carbonyl (C=O) groups excluding carboxylic acids is 1. The van der Waals surface area contributed by atoms with Crippen molar-refractivity contribution in [1.82, 2.24) is 19.9 Å². The number of aryl methyl sites for hydroxylation is 1. The molecule has 1 saturated heterocycles. The summed E-state index contributed by atoms with van der Waals surface area (Å²) in [5.74, 6) is 0.677. The first kappa shape index (κ1) is 24.9. The van der Waals surface area contributed by atoms with Gasteiger partial charge in [-0.3, -0.25) is 14.0 Å². The highest BCUT2D eigenvalue weighted by Crippen LogP contribution is 2.27. The zero-order chi connectivity index (χ0) is 25.1. The van der Waals surface area contributed by atoms with Crippen molar-refractivity contribution >= 4 is 34.4 Å². The van der Waals surface area contributed by atoms with E-state index < -0.39 is 0 Å². The molecule has 1 fully saturated rings. The molecule has 0 radical (unpaired) electrons. The van der Waals surface area contributed by atoms with Gasteiger partial charge in [0.2, 0.25) is 5.95 Å². The first-order valence-electron chi connectivity index (χ1n) is 11.6. The van der Waals surface area contributed by atoms with Gasteiger partial charge in [0.1, 0.15) is 0 Å². The third-order valence-corrected chi connectivity index (χ3v) is 6.63. The number of aromatic nitrogens is 3. The molecule has 1 amide bonds. The molecule has 10 heteroatoms. The normalized spacial score (nSPS) is 18.0.